The van der Waals surface area contributed by atoms with Gasteiger partial charge in [-0.2, -0.15) is 4.98 Å². The standard InChI is InChI=1S/C15H20N4O3/c16-14(21)15-17-13(19(18-15)11-22-10-9-20)8-4-7-12-5-2-1-3-6-12/h5,20H,1-3,6-7,9-11H2,(H2,16,21). The molecule has 0 bridgehead atoms. The third kappa shape index (κ3) is 4.69. The molecule has 2 rings (SSSR count). The molecule has 0 spiro atoms. The highest BCUT2D eigenvalue weighted by Crippen LogP contribution is 2.19. The van der Waals surface area contributed by atoms with E-state index in [2.05, 4.69) is 28.0 Å². The van der Waals surface area contributed by atoms with Gasteiger partial charge in [-0.05, 0) is 31.6 Å². The lowest BCUT2D eigenvalue weighted by atomic mass is 9.97. The Morgan fingerprint density at radius 1 is 1.50 bits per heavy atom. The lowest BCUT2D eigenvalue weighted by molar-refractivity contribution is 0.0411. The third-order valence-corrected chi connectivity index (χ3v) is 3.24. The molecular formula is C15H20N4O3. The SMILES string of the molecule is NC(=O)c1nc(C#CCC2=CCCCC2)n(COCCO)n1. The summed E-state index contributed by atoms with van der Waals surface area (Å²) < 4.78 is 6.55. The molecule has 7 nitrogen and oxygen atoms in total. The molecule has 0 saturated heterocycles. The zero-order valence-corrected chi connectivity index (χ0v) is 12.4. The van der Waals surface area contributed by atoms with Crippen molar-refractivity contribution >= 4 is 5.91 Å². The molecule has 1 amide bonds. The molecule has 0 radical (unpaired) electrons. The number of hydrogen-bond donors (Lipinski definition) is 2. The van der Waals surface area contributed by atoms with E-state index in [9.17, 15) is 4.79 Å². The molecular weight excluding hydrogens is 284 g/mol. The number of carbonyl (C=O) groups excluding carboxylic acids is 1. The van der Waals surface area contributed by atoms with Gasteiger partial charge in [0.05, 0.1) is 13.2 Å². The van der Waals surface area contributed by atoms with Crippen LogP contribution in [-0.2, 0) is 11.5 Å². The smallest absolute Gasteiger partial charge is 0.288 e. The maximum Gasteiger partial charge on any atom is 0.288 e. The van der Waals surface area contributed by atoms with Crippen LogP contribution in [0.15, 0.2) is 11.6 Å². The predicted octanol–water partition coefficient (Wildman–Crippen LogP) is 0.585. The van der Waals surface area contributed by atoms with E-state index in [4.69, 9.17) is 15.6 Å². The van der Waals surface area contributed by atoms with Gasteiger partial charge < -0.3 is 15.6 Å². The molecule has 0 aliphatic heterocycles. The van der Waals surface area contributed by atoms with Crippen LogP contribution >= 0.6 is 0 Å². The zero-order chi connectivity index (χ0) is 15.8. The predicted molar refractivity (Wildman–Crippen MR) is 79.6 cm³/mol. The Balaban J connectivity index is 2.07. The first-order valence-electron chi connectivity index (χ1n) is 7.30. The molecule has 7 heteroatoms. The molecule has 1 aliphatic rings. The van der Waals surface area contributed by atoms with E-state index >= 15 is 0 Å². The van der Waals surface area contributed by atoms with Crippen molar-refractivity contribution in [3.63, 3.8) is 0 Å². The number of ether oxygens (including phenoxy) is 1. The number of aromatic nitrogens is 3. The Kier molecular flexibility index (Phi) is 6.13. The van der Waals surface area contributed by atoms with Crippen LogP contribution in [0.3, 0.4) is 0 Å². The van der Waals surface area contributed by atoms with Crippen molar-refractivity contribution < 1.29 is 14.6 Å². The van der Waals surface area contributed by atoms with Crippen molar-refractivity contribution in [2.24, 2.45) is 5.73 Å². The van der Waals surface area contributed by atoms with Crippen LogP contribution in [0.25, 0.3) is 0 Å². The average molecular weight is 304 g/mol. The maximum absolute atomic E-state index is 11.2. The van der Waals surface area contributed by atoms with Crippen molar-refractivity contribution in [1.82, 2.24) is 14.8 Å². The summed E-state index contributed by atoms with van der Waals surface area (Å²) in [6.07, 6.45) is 7.60. The van der Waals surface area contributed by atoms with Crippen LogP contribution in [-0.4, -0.2) is 39.0 Å². The number of rotatable bonds is 6. The van der Waals surface area contributed by atoms with Gasteiger partial charge in [0.15, 0.2) is 0 Å². The molecule has 1 aliphatic carbocycles. The van der Waals surface area contributed by atoms with Gasteiger partial charge in [-0.1, -0.05) is 17.6 Å². The van der Waals surface area contributed by atoms with Crippen molar-refractivity contribution in [2.45, 2.75) is 38.8 Å². The Morgan fingerprint density at radius 2 is 2.36 bits per heavy atom. The minimum absolute atomic E-state index is 0.0630. The van der Waals surface area contributed by atoms with Gasteiger partial charge in [0.25, 0.3) is 5.91 Å². The number of aliphatic hydroxyl groups excluding tert-OH is 1. The van der Waals surface area contributed by atoms with E-state index in [1.807, 2.05) is 0 Å². The monoisotopic (exact) mass is 304 g/mol. The first-order valence-corrected chi connectivity index (χ1v) is 7.30. The fraction of sp³-hybridized carbons (Fsp3) is 0.533. The molecule has 0 unspecified atom stereocenters. The number of amides is 1. The highest BCUT2D eigenvalue weighted by Gasteiger charge is 2.12. The number of hydrogen-bond acceptors (Lipinski definition) is 5. The number of allylic oxidation sites excluding steroid dienone is 2. The lowest BCUT2D eigenvalue weighted by Gasteiger charge is -2.08. The van der Waals surface area contributed by atoms with Gasteiger partial charge in [0.1, 0.15) is 6.73 Å². The first kappa shape index (κ1) is 16.2. The number of nitrogens with two attached hydrogens (primary N) is 1. The van der Waals surface area contributed by atoms with Crippen LogP contribution in [0, 0.1) is 11.8 Å². The second kappa shape index (κ2) is 8.32. The maximum atomic E-state index is 11.2. The largest absolute Gasteiger partial charge is 0.394 e. The second-order valence-electron chi connectivity index (χ2n) is 4.97. The zero-order valence-electron chi connectivity index (χ0n) is 12.4. The Morgan fingerprint density at radius 3 is 3.05 bits per heavy atom. The quantitative estimate of drug-likeness (QED) is 0.455. The van der Waals surface area contributed by atoms with E-state index in [0.717, 1.165) is 12.8 Å². The molecule has 118 valence electrons. The van der Waals surface area contributed by atoms with Crippen molar-refractivity contribution in [2.75, 3.05) is 13.2 Å². The number of aliphatic hydroxyl groups is 1. The van der Waals surface area contributed by atoms with E-state index in [-0.39, 0.29) is 25.8 Å². The van der Waals surface area contributed by atoms with Crippen molar-refractivity contribution in [1.29, 1.82) is 0 Å². The highest BCUT2D eigenvalue weighted by atomic mass is 16.5. The van der Waals surface area contributed by atoms with Gasteiger partial charge >= 0.3 is 0 Å². The summed E-state index contributed by atoms with van der Waals surface area (Å²) in [5.41, 5.74) is 6.52. The minimum Gasteiger partial charge on any atom is -0.394 e. The second-order valence-corrected chi connectivity index (χ2v) is 4.97. The molecule has 22 heavy (non-hydrogen) atoms. The minimum atomic E-state index is -0.709. The van der Waals surface area contributed by atoms with Crippen LogP contribution in [0.1, 0.15) is 48.5 Å². The lowest BCUT2D eigenvalue weighted by Crippen LogP contribution is -2.14. The molecule has 0 atom stereocenters. The van der Waals surface area contributed by atoms with E-state index in [1.165, 1.54) is 23.1 Å². The molecule has 0 saturated carbocycles. The first-order chi connectivity index (χ1) is 10.7. The molecule has 0 fully saturated rings. The van der Waals surface area contributed by atoms with Gasteiger partial charge in [-0.3, -0.25) is 4.79 Å². The van der Waals surface area contributed by atoms with Gasteiger partial charge in [-0.15, -0.1) is 5.10 Å². The van der Waals surface area contributed by atoms with Crippen LogP contribution in [0.4, 0.5) is 0 Å². The van der Waals surface area contributed by atoms with Crippen LogP contribution in [0.2, 0.25) is 0 Å². The van der Waals surface area contributed by atoms with E-state index in [0.29, 0.717) is 12.2 Å². The Labute approximate surface area is 129 Å². The Hall–Kier alpha value is -2.17. The number of primary amides is 1. The number of carbonyl (C=O) groups is 1. The fourth-order valence-electron chi connectivity index (χ4n) is 2.15. The van der Waals surface area contributed by atoms with E-state index in [1.54, 1.807) is 0 Å². The molecule has 1 aromatic rings. The summed E-state index contributed by atoms with van der Waals surface area (Å²) in [6, 6.07) is 0. The van der Waals surface area contributed by atoms with Gasteiger partial charge in [0, 0.05) is 6.42 Å². The summed E-state index contributed by atoms with van der Waals surface area (Å²) in [7, 11) is 0. The fourth-order valence-corrected chi connectivity index (χ4v) is 2.15. The summed E-state index contributed by atoms with van der Waals surface area (Å²) in [5, 5.41) is 12.7. The van der Waals surface area contributed by atoms with Gasteiger partial charge in [0.2, 0.25) is 11.6 Å². The summed E-state index contributed by atoms with van der Waals surface area (Å²) in [5.74, 6) is 5.50. The third-order valence-electron chi connectivity index (χ3n) is 3.24. The summed E-state index contributed by atoms with van der Waals surface area (Å²) in [4.78, 5) is 15.2. The highest BCUT2D eigenvalue weighted by molar-refractivity contribution is 5.88. The topological polar surface area (TPSA) is 103 Å². The van der Waals surface area contributed by atoms with E-state index < -0.39 is 5.91 Å². The molecule has 3 N–H and O–H groups in total. The summed E-state index contributed by atoms with van der Waals surface area (Å²) in [6.45, 7) is 0.144. The van der Waals surface area contributed by atoms with Crippen LogP contribution in [0.5, 0.6) is 0 Å². The normalized spacial score (nSPS) is 14.1. The van der Waals surface area contributed by atoms with Crippen molar-refractivity contribution in [3.8, 4) is 11.8 Å². The molecule has 1 aromatic heterocycles. The summed E-state index contributed by atoms with van der Waals surface area (Å²) >= 11 is 0. The number of nitrogens with zero attached hydrogens (tertiary/aromatic N) is 3. The Bertz CT molecular complexity index is 610. The average Bonchev–Trinajstić information content (AvgIpc) is 2.92. The molecule has 1 heterocycles. The van der Waals surface area contributed by atoms with Crippen molar-refractivity contribution in [3.05, 3.63) is 23.3 Å². The van der Waals surface area contributed by atoms with Gasteiger partial charge in [-0.25, -0.2) is 4.68 Å². The van der Waals surface area contributed by atoms with Crippen LogP contribution < -0.4 is 5.73 Å². The molecule has 0 aromatic carbocycles.